The molecule has 1 aromatic rings. The van der Waals surface area contributed by atoms with Crippen molar-refractivity contribution in [2.45, 2.75) is 32.2 Å². The van der Waals surface area contributed by atoms with E-state index >= 15 is 0 Å². The molecule has 1 aromatic carbocycles. The summed E-state index contributed by atoms with van der Waals surface area (Å²) in [6.45, 7) is 4.07. The molecule has 2 bridgehead atoms. The maximum atomic E-state index is 6.03. The van der Waals surface area contributed by atoms with Crippen LogP contribution in [0.4, 0.5) is 0 Å². The average Bonchev–Trinajstić information content (AvgIpc) is 2.48. The van der Waals surface area contributed by atoms with Crippen LogP contribution in [0.3, 0.4) is 0 Å². The van der Waals surface area contributed by atoms with Crippen LogP contribution in [-0.2, 0) is 20.2 Å². The molecule has 0 aromatic heterocycles. The van der Waals surface area contributed by atoms with Gasteiger partial charge in [-0.25, -0.2) is 0 Å². The van der Waals surface area contributed by atoms with E-state index in [4.69, 9.17) is 14.2 Å². The normalized spacial score (nSPS) is 34.9. The van der Waals surface area contributed by atoms with Gasteiger partial charge in [-0.1, -0.05) is 12.3 Å². The maximum absolute atomic E-state index is 6.03. The molecule has 3 heteroatoms. The summed E-state index contributed by atoms with van der Waals surface area (Å²) in [5.74, 6) is 5.65. The zero-order chi connectivity index (χ0) is 14.3. The van der Waals surface area contributed by atoms with Gasteiger partial charge in [-0.2, -0.15) is 0 Å². The van der Waals surface area contributed by atoms with Gasteiger partial charge in [0.1, 0.15) is 0 Å². The lowest BCUT2D eigenvalue weighted by Gasteiger charge is -2.56. The summed E-state index contributed by atoms with van der Waals surface area (Å²) in [5.41, 5.74) is 2.01. The highest BCUT2D eigenvalue weighted by Gasteiger charge is 2.57. The van der Waals surface area contributed by atoms with Crippen LogP contribution in [0, 0.1) is 23.2 Å². The van der Waals surface area contributed by atoms with Crippen LogP contribution in [0.25, 0.3) is 0 Å². The number of rotatable bonds is 2. The SMILES string of the molecule is CC#Cc1ccc(C23OCC(C4CCC4)(CO2)CO3)cc1. The van der Waals surface area contributed by atoms with E-state index in [1.165, 1.54) is 19.3 Å². The monoisotopic (exact) mass is 284 g/mol. The van der Waals surface area contributed by atoms with Crippen molar-refractivity contribution in [2.24, 2.45) is 11.3 Å². The number of ether oxygens (including phenoxy) is 3. The fourth-order valence-electron chi connectivity index (χ4n) is 3.49. The minimum absolute atomic E-state index is 0.0909. The van der Waals surface area contributed by atoms with Gasteiger partial charge in [0.2, 0.25) is 0 Å². The largest absolute Gasteiger partial charge is 0.323 e. The molecule has 21 heavy (non-hydrogen) atoms. The molecule has 1 saturated carbocycles. The molecular weight excluding hydrogens is 264 g/mol. The third-order valence-electron chi connectivity index (χ3n) is 5.13. The van der Waals surface area contributed by atoms with Gasteiger partial charge in [-0.15, -0.1) is 5.92 Å². The highest BCUT2D eigenvalue weighted by atomic mass is 16.9. The Morgan fingerprint density at radius 1 is 1.00 bits per heavy atom. The van der Waals surface area contributed by atoms with Crippen molar-refractivity contribution in [3.63, 3.8) is 0 Å². The van der Waals surface area contributed by atoms with Gasteiger partial charge in [0, 0.05) is 16.5 Å². The molecule has 3 saturated heterocycles. The van der Waals surface area contributed by atoms with Crippen LogP contribution in [-0.4, -0.2) is 19.8 Å². The lowest BCUT2D eigenvalue weighted by atomic mass is 9.65. The molecule has 4 aliphatic rings. The molecule has 110 valence electrons. The summed E-state index contributed by atoms with van der Waals surface area (Å²) in [7, 11) is 0. The van der Waals surface area contributed by atoms with Crippen LogP contribution in [0.1, 0.15) is 37.3 Å². The van der Waals surface area contributed by atoms with Gasteiger partial charge < -0.3 is 14.2 Å². The predicted molar refractivity (Wildman–Crippen MR) is 78.3 cm³/mol. The van der Waals surface area contributed by atoms with E-state index in [1.807, 2.05) is 31.2 Å². The summed E-state index contributed by atoms with van der Waals surface area (Å²) < 4.78 is 18.1. The Hall–Kier alpha value is -1.34. The fraction of sp³-hybridized carbons (Fsp3) is 0.556. The van der Waals surface area contributed by atoms with E-state index in [9.17, 15) is 0 Å². The Morgan fingerprint density at radius 2 is 1.62 bits per heavy atom. The molecule has 3 nitrogen and oxygen atoms in total. The fourth-order valence-corrected chi connectivity index (χ4v) is 3.49. The van der Waals surface area contributed by atoms with Crippen molar-refractivity contribution in [3.8, 4) is 11.8 Å². The Labute approximate surface area is 125 Å². The zero-order valence-electron chi connectivity index (χ0n) is 12.4. The van der Waals surface area contributed by atoms with E-state index in [1.54, 1.807) is 0 Å². The summed E-state index contributed by atoms with van der Waals surface area (Å²) >= 11 is 0. The predicted octanol–water partition coefficient (Wildman–Crippen LogP) is 3.03. The standard InChI is InChI=1S/C18H20O3/c1-2-4-14-7-9-16(10-8-14)18-19-11-17(12-20-18,13-21-18)15-5-3-6-15/h7-10,15H,3,5-6,11-13H2,1H3. The molecule has 1 aliphatic carbocycles. The molecule has 0 N–H and O–H groups in total. The Morgan fingerprint density at radius 3 is 2.10 bits per heavy atom. The highest BCUT2D eigenvalue weighted by molar-refractivity contribution is 5.36. The number of fused-ring (bicyclic) bond motifs is 3. The Bertz CT molecular complexity index is 565. The minimum atomic E-state index is -0.996. The molecule has 0 unspecified atom stereocenters. The topological polar surface area (TPSA) is 27.7 Å². The van der Waals surface area contributed by atoms with Gasteiger partial charge in [0.15, 0.2) is 0 Å². The summed E-state index contributed by atoms with van der Waals surface area (Å²) in [4.78, 5) is 0. The van der Waals surface area contributed by atoms with Crippen LogP contribution in [0.15, 0.2) is 24.3 Å². The second-order valence-corrected chi connectivity index (χ2v) is 6.36. The third kappa shape index (κ3) is 2.02. The summed E-state index contributed by atoms with van der Waals surface area (Å²) in [6, 6.07) is 7.95. The molecule has 0 radical (unpaired) electrons. The van der Waals surface area contributed by atoms with Crippen molar-refractivity contribution >= 4 is 0 Å². The average molecular weight is 284 g/mol. The molecule has 3 heterocycles. The molecule has 5 rings (SSSR count). The molecule has 0 amide bonds. The number of hydrogen-bond donors (Lipinski definition) is 0. The van der Waals surface area contributed by atoms with E-state index in [0.29, 0.717) is 5.92 Å². The van der Waals surface area contributed by atoms with Crippen molar-refractivity contribution in [1.82, 2.24) is 0 Å². The Balaban J connectivity index is 1.55. The van der Waals surface area contributed by atoms with E-state index in [2.05, 4.69) is 11.8 Å². The zero-order valence-corrected chi connectivity index (χ0v) is 12.4. The van der Waals surface area contributed by atoms with Crippen molar-refractivity contribution in [2.75, 3.05) is 19.8 Å². The first-order valence-corrected chi connectivity index (χ1v) is 7.72. The highest BCUT2D eigenvalue weighted by Crippen LogP contribution is 2.52. The summed E-state index contributed by atoms with van der Waals surface area (Å²) in [6.07, 6.45) is 3.90. The first kappa shape index (κ1) is 13.3. The minimum Gasteiger partial charge on any atom is -0.323 e. The van der Waals surface area contributed by atoms with Gasteiger partial charge >= 0.3 is 5.97 Å². The van der Waals surface area contributed by atoms with Crippen LogP contribution in [0.2, 0.25) is 0 Å². The molecular formula is C18H20O3. The van der Waals surface area contributed by atoms with Crippen LogP contribution in [0.5, 0.6) is 0 Å². The van der Waals surface area contributed by atoms with Crippen molar-refractivity contribution in [1.29, 1.82) is 0 Å². The van der Waals surface area contributed by atoms with Crippen molar-refractivity contribution in [3.05, 3.63) is 35.4 Å². The first-order valence-electron chi connectivity index (χ1n) is 7.72. The molecule has 0 spiro atoms. The first-order chi connectivity index (χ1) is 10.3. The lowest BCUT2D eigenvalue weighted by Crippen LogP contribution is -2.61. The van der Waals surface area contributed by atoms with E-state index in [-0.39, 0.29) is 5.41 Å². The number of hydrogen-bond acceptors (Lipinski definition) is 3. The van der Waals surface area contributed by atoms with Gasteiger partial charge in [-0.05, 0) is 49.9 Å². The number of benzene rings is 1. The van der Waals surface area contributed by atoms with Gasteiger partial charge in [0.25, 0.3) is 0 Å². The molecule has 3 aliphatic heterocycles. The van der Waals surface area contributed by atoms with Crippen LogP contribution < -0.4 is 0 Å². The molecule has 0 atom stereocenters. The third-order valence-corrected chi connectivity index (χ3v) is 5.13. The smallest absolute Gasteiger partial charge is 0.312 e. The second kappa shape index (κ2) is 4.84. The second-order valence-electron chi connectivity index (χ2n) is 6.36. The van der Waals surface area contributed by atoms with Gasteiger partial charge in [0.05, 0.1) is 19.8 Å². The van der Waals surface area contributed by atoms with Crippen LogP contribution >= 0.6 is 0 Å². The molecule has 4 fully saturated rings. The van der Waals surface area contributed by atoms with Crippen molar-refractivity contribution < 1.29 is 14.2 Å². The maximum Gasteiger partial charge on any atom is 0.312 e. The van der Waals surface area contributed by atoms with Gasteiger partial charge in [-0.3, -0.25) is 0 Å². The summed E-state index contributed by atoms with van der Waals surface area (Å²) in [5, 5.41) is 0. The van der Waals surface area contributed by atoms with E-state index in [0.717, 1.165) is 30.9 Å². The Kier molecular flexibility index (Phi) is 3.08. The quantitative estimate of drug-likeness (QED) is 0.781. The van der Waals surface area contributed by atoms with E-state index < -0.39 is 5.97 Å². The lowest BCUT2D eigenvalue weighted by molar-refractivity contribution is -0.487.